The molecule has 2 atom stereocenters. The molecule has 4 N–H and O–H groups in total. The number of anilines is 2. The van der Waals surface area contributed by atoms with Gasteiger partial charge in [0.1, 0.15) is 11.9 Å². The van der Waals surface area contributed by atoms with Crippen molar-refractivity contribution in [2.75, 3.05) is 11.5 Å². The second-order valence-corrected chi connectivity index (χ2v) is 4.41. The Bertz CT molecular complexity index is 349. The molecule has 1 heterocycles. The van der Waals surface area contributed by atoms with Crippen LogP contribution < -0.4 is 16.2 Å². The zero-order valence-electron chi connectivity index (χ0n) is 9.52. The molecule has 0 amide bonds. The number of nitrogens with zero attached hydrogens (tertiary/aromatic N) is 2. The topological polar surface area (TPSA) is 87.0 Å². The predicted octanol–water partition coefficient (Wildman–Crippen LogP) is 1.60. The highest BCUT2D eigenvalue weighted by molar-refractivity contribution is 5.38. The van der Waals surface area contributed by atoms with Crippen LogP contribution in [0.15, 0.2) is 6.07 Å². The van der Waals surface area contributed by atoms with Gasteiger partial charge in [0.2, 0.25) is 11.8 Å². The molecular formula is C11H18N4O. The van der Waals surface area contributed by atoms with E-state index in [1.807, 2.05) is 0 Å². The minimum Gasteiger partial charge on any atom is -0.474 e. The van der Waals surface area contributed by atoms with Gasteiger partial charge in [-0.1, -0.05) is 13.3 Å². The number of aromatic nitrogens is 2. The number of ether oxygens (including phenoxy) is 1. The van der Waals surface area contributed by atoms with Gasteiger partial charge < -0.3 is 16.2 Å². The molecule has 5 heteroatoms. The number of rotatable bonds is 2. The van der Waals surface area contributed by atoms with Gasteiger partial charge >= 0.3 is 0 Å². The smallest absolute Gasteiger partial charge is 0.225 e. The molecule has 2 unspecified atom stereocenters. The van der Waals surface area contributed by atoms with Crippen molar-refractivity contribution in [1.82, 2.24) is 9.97 Å². The Kier molecular flexibility index (Phi) is 3.12. The summed E-state index contributed by atoms with van der Waals surface area (Å²) in [6.07, 6.45) is 5.01. The molecule has 88 valence electrons. The summed E-state index contributed by atoms with van der Waals surface area (Å²) >= 11 is 0. The van der Waals surface area contributed by atoms with Gasteiger partial charge in [0, 0.05) is 6.07 Å². The Labute approximate surface area is 95.2 Å². The van der Waals surface area contributed by atoms with Gasteiger partial charge in [-0.3, -0.25) is 0 Å². The van der Waals surface area contributed by atoms with Crippen molar-refractivity contribution < 1.29 is 4.74 Å². The lowest BCUT2D eigenvalue weighted by molar-refractivity contribution is 0.0977. The molecule has 2 rings (SSSR count). The van der Waals surface area contributed by atoms with Crippen LogP contribution in [0.2, 0.25) is 0 Å². The van der Waals surface area contributed by atoms with Crippen molar-refractivity contribution in [2.45, 2.75) is 38.7 Å². The van der Waals surface area contributed by atoms with Crippen molar-refractivity contribution in [1.29, 1.82) is 0 Å². The maximum atomic E-state index is 5.82. The first kappa shape index (κ1) is 11.0. The van der Waals surface area contributed by atoms with Crippen LogP contribution in [0, 0.1) is 5.92 Å². The molecule has 1 aromatic rings. The number of nitrogen functional groups attached to an aromatic ring is 2. The van der Waals surface area contributed by atoms with Crippen LogP contribution in [0.1, 0.15) is 32.6 Å². The van der Waals surface area contributed by atoms with E-state index in [1.165, 1.54) is 19.3 Å². The summed E-state index contributed by atoms with van der Waals surface area (Å²) in [5, 5.41) is 0. The van der Waals surface area contributed by atoms with Gasteiger partial charge in [-0.15, -0.1) is 0 Å². The molecule has 1 saturated carbocycles. The lowest BCUT2D eigenvalue weighted by Crippen LogP contribution is -2.28. The summed E-state index contributed by atoms with van der Waals surface area (Å²) in [5.41, 5.74) is 11.1. The molecule has 0 bridgehead atoms. The van der Waals surface area contributed by atoms with Crippen molar-refractivity contribution in [3.8, 4) is 5.88 Å². The fourth-order valence-electron chi connectivity index (χ4n) is 2.13. The SMILES string of the molecule is CC1CCCCC1Oc1cc(N)nc(N)n1. The average Bonchev–Trinajstić information content (AvgIpc) is 2.20. The second kappa shape index (κ2) is 4.55. The lowest BCUT2D eigenvalue weighted by Gasteiger charge is -2.28. The summed E-state index contributed by atoms with van der Waals surface area (Å²) < 4.78 is 5.82. The normalized spacial score (nSPS) is 25.3. The third-order valence-electron chi connectivity index (χ3n) is 3.04. The van der Waals surface area contributed by atoms with Crippen LogP contribution >= 0.6 is 0 Å². The van der Waals surface area contributed by atoms with Gasteiger partial charge in [0.25, 0.3) is 0 Å². The van der Waals surface area contributed by atoms with Crippen LogP contribution in [-0.2, 0) is 0 Å². The fourth-order valence-corrected chi connectivity index (χ4v) is 2.13. The zero-order chi connectivity index (χ0) is 11.5. The minimum atomic E-state index is 0.165. The molecule has 1 fully saturated rings. The fraction of sp³-hybridized carbons (Fsp3) is 0.636. The third-order valence-corrected chi connectivity index (χ3v) is 3.04. The van der Waals surface area contributed by atoms with Crippen molar-refractivity contribution in [3.63, 3.8) is 0 Å². The maximum Gasteiger partial charge on any atom is 0.225 e. The summed E-state index contributed by atoms with van der Waals surface area (Å²) in [7, 11) is 0. The standard InChI is InChI=1S/C11H18N4O/c1-7-4-2-3-5-8(7)16-10-6-9(12)14-11(13)15-10/h6-8H,2-5H2,1H3,(H4,12,13,14,15). The van der Waals surface area contributed by atoms with E-state index in [4.69, 9.17) is 16.2 Å². The molecule has 0 spiro atoms. The highest BCUT2D eigenvalue weighted by Gasteiger charge is 2.23. The molecule has 0 saturated heterocycles. The Morgan fingerprint density at radius 3 is 2.69 bits per heavy atom. The monoisotopic (exact) mass is 222 g/mol. The summed E-state index contributed by atoms with van der Waals surface area (Å²) in [4.78, 5) is 7.84. The van der Waals surface area contributed by atoms with Gasteiger partial charge in [0.05, 0.1) is 0 Å². The first-order valence-corrected chi connectivity index (χ1v) is 5.72. The summed E-state index contributed by atoms with van der Waals surface area (Å²) in [6, 6.07) is 1.62. The number of hydrogen-bond acceptors (Lipinski definition) is 5. The Morgan fingerprint density at radius 1 is 1.25 bits per heavy atom. The van der Waals surface area contributed by atoms with Gasteiger partial charge in [0.15, 0.2) is 0 Å². The van der Waals surface area contributed by atoms with Crippen molar-refractivity contribution in [2.24, 2.45) is 5.92 Å². The molecule has 0 radical (unpaired) electrons. The molecule has 0 aromatic carbocycles. The van der Waals surface area contributed by atoms with E-state index in [-0.39, 0.29) is 12.1 Å². The highest BCUT2D eigenvalue weighted by Crippen LogP contribution is 2.27. The first-order chi connectivity index (χ1) is 7.65. The number of hydrogen-bond donors (Lipinski definition) is 2. The third kappa shape index (κ3) is 2.53. The van der Waals surface area contributed by atoms with E-state index in [0.29, 0.717) is 17.6 Å². The highest BCUT2D eigenvalue weighted by atomic mass is 16.5. The van der Waals surface area contributed by atoms with E-state index in [2.05, 4.69) is 16.9 Å². The van der Waals surface area contributed by atoms with Crippen molar-refractivity contribution >= 4 is 11.8 Å². The lowest BCUT2D eigenvalue weighted by atomic mass is 9.88. The first-order valence-electron chi connectivity index (χ1n) is 5.72. The Morgan fingerprint density at radius 2 is 2.00 bits per heavy atom. The van der Waals surface area contributed by atoms with Crippen LogP contribution in [-0.4, -0.2) is 16.1 Å². The van der Waals surface area contributed by atoms with E-state index >= 15 is 0 Å². The summed E-state index contributed by atoms with van der Waals surface area (Å²) in [5.74, 6) is 1.57. The number of nitrogens with two attached hydrogens (primary N) is 2. The van der Waals surface area contributed by atoms with E-state index in [0.717, 1.165) is 6.42 Å². The minimum absolute atomic E-state index is 0.165. The second-order valence-electron chi connectivity index (χ2n) is 4.41. The average molecular weight is 222 g/mol. The van der Waals surface area contributed by atoms with Crippen LogP contribution in [0.5, 0.6) is 5.88 Å². The van der Waals surface area contributed by atoms with Crippen molar-refractivity contribution in [3.05, 3.63) is 6.07 Å². The molecule has 1 aliphatic carbocycles. The predicted molar refractivity (Wildman–Crippen MR) is 62.9 cm³/mol. The maximum absolute atomic E-state index is 5.82. The van der Waals surface area contributed by atoms with Gasteiger partial charge in [-0.2, -0.15) is 9.97 Å². The zero-order valence-corrected chi connectivity index (χ0v) is 9.52. The Hall–Kier alpha value is -1.52. The molecular weight excluding hydrogens is 204 g/mol. The molecule has 1 aromatic heterocycles. The van der Waals surface area contributed by atoms with Crippen LogP contribution in [0.25, 0.3) is 0 Å². The quantitative estimate of drug-likeness (QED) is 0.793. The molecule has 0 aliphatic heterocycles. The van der Waals surface area contributed by atoms with E-state index in [1.54, 1.807) is 6.07 Å². The van der Waals surface area contributed by atoms with Gasteiger partial charge in [-0.05, 0) is 25.2 Å². The Balaban J connectivity index is 2.07. The van der Waals surface area contributed by atoms with Crippen LogP contribution in [0.4, 0.5) is 11.8 Å². The van der Waals surface area contributed by atoms with Crippen LogP contribution in [0.3, 0.4) is 0 Å². The van der Waals surface area contributed by atoms with E-state index in [9.17, 15) is 0 Å². The van der Waals surface area contributed by atoms with Gasteiger partial charge in [-0.25, -0.2) is 0 Å². The molecule has 5 nitrogen and oxygen atoms in total. The summed E-state index contributed by atoms with van der Waals surface area (Å²) in [6.45, 7) is 2.21. The molecule has 1 aliphatic rings. The molecule has 16 heavy (non-hydrogen) atoms. The van der Waals surface area contributed by atoms with E-state index < -0.39 is 0 Å². The largest absolute Gasteiger partial charge is 0.474 e.